The molecule has 1 amide bonds. The van der Waals surface area contributed by atoms with E-state index in [1.54, 1.807) is 0 Å². The minimum atomic E-state index is -0.582. The van der Waals surface area contributed by atoms with Crippen LogP contribution in [0.3, 0.4) is 0 Å². The number of nitrogens with two attached hydrogens (primary N) is 1. The third kappa shape index (κ3) is 3.37. The van der Waals surface area contributed by atoms with E-state index < -0.39 is 5.54 Å². The molecule has 0 unspecified atom stereocenters. The number of nitrogens with zero attached hydrogens (tertiary/aromatic N) is 3. The van der Waals surface area contributed by atoms with Gasteiger partial charge in [0.15, 0.2) is 0 Å². The van der Waals surface area contributed by atoms with Gasteiger partial charge in [-0.05, 0) is 44.4 Å². The zero-order valence-corrected chi connectivity index (χ0v) is 9.28. The molecule has 4 N–H and O–H groups in total. The zero-order chi connectivity index (χ0) is 11.9. The average Bonchev–Trinajstić information content (AvgIpc) is 2.30. The third-order valence-electron chi connectivity index (χ3n) is 2.89. The van der Waals surface area contributed by atoms with Crippen LogP contribution in [0.15, 0.2) is 5.11 Å². The van der Waals surface area contributed by atoms with Crippen LogP contribution in [0.2, 0.25) is 0 Å². The Labute approximate surface area is 94.4 Å². The van der Waals surface area contributed by atoms with E-state index in [0.717, 1.165) is 13.1 Å². The Morgan fingerprint density at radius 1 is 1.56 bits per heavy atom. The lowest BCUT2D eigenvalue weighted by Crippen LogP contribution is -2.60. The molecule has 1 aliphatic heterocycles. The van der Waals surface area contributed by atoms with E-state index in [1.165, 1.54) is 0 Å². The Morgan fingerprint density at radius 3 is 2.81 bits per heavy atom. The minimum absolute atomic E-state index is 0.294. The van der Waals surface area contributed by atoms with Gasteiger partial charge in [-0.2, -0.15) is 0 Å². The van der Waals surface area contributed by atoms with E-state index in [9.17, 15) is 4.79 Å². The fourth-order valence-corrected chi connectivity index (χ4v) is 1.89. The van der Waals surface area contributed by atoms with Crippen LogP contribution < -0.4 is 16.4 Å². The van der Waals surface area contributed by atoms with Crippen molar-refractivity contribution in [2.24, 2.45) is 10.8 Å². The van der Waals surface area contributed by atoms with Gasteiger partial charge in [-0.15, -0.1) is 0 Å². The molecular weight excluding hydrogens is 208 g/mol. The van der Waals surface area contributed by atoms with Crippen molar-refractivity contribution in [2.75, 3.05) is 26.2 Å². The number of carbonyl (C=O) groups is 1. The topological polar surface area (TPSA) is 116 Å². The summed E-state index contributed by atoms with van der Waals surface area (Å²) in [6, 6.07) is 0. The highest BCUT2D eigenvalue weighted by Gasteiger charge is 2.36. The lowest BCUT2D eigenvalue weighted by atomic mass is 9.87. The lowest BCUT2D eigenvalue weighted by molar-refractivity contribution is -0.125. The summed E-state index contributed by atoms with van der Waals surface area (Å²) in [5.41, 5.74) is 13.0. The zero-order valence-electron chi connectivity index (χ0n) is 9.28. The summed E-state index contributed by atoms with van der Waals surface area (Å²) in [4.78, 5) is 14.1. The maximum absolute atomic E-state index is 11.4. The van der Waals surface area contributed by atoms with Gasteiger partial charge in [0.05, 0.1) is 0 Å². The summed E-state index contributed by atoms with van der Waals surface area (Å²) >= 11 is 0. The normalized spacial score (nSPS) is 18.8. The maximum Gasteiger partial charge on any atom is 0.237 e. The van der Waals surface area contributed by atoms with Crippen molar-refractivity contribution in [3.8, 4) is 0 Å². The van der Waals surface area contributed by atoms with E-state index >= 15 is 0 Å². The molecule has 0 aromatic heterocycles. The van der Waals surface area contributed by atoms with Gasteiger partial charge >= 0.3 is 0 Å². The molecule has 7 nitrogen and oxygen atoms in total. The number of hydrogen-bond donors (Lipinski definition) is 3. The minimum Gasteiger partial charge on any atom is -0.368 e. The molecule has 1 rings (SSSR count). The smallest absolute Gasteiger partial charge is 0.237 e. The highest BCUT2D eigenvalue weighted by atomic mass is 16.1. The number of rotatable bonds is 6. The van der Waals surface area contributed by atoms with Gasteiger partial charge in [-0.1, -0.05) is 5.11 Å². The number of carbonyl (C=O) groups excluding carboxylic acids is 1. The van der Waals surface area contributed by atoms with Gasteiger partial charge < -0.3 is 16.4 Å². The molecule has 0 bridgehead atoms. The van der Waals surface area contributed by atoms with Crippen LogP contribution in [0.1, 0.15) is 19.3 Å². The first-order valence-corrected chi connectivity index (χ1v) is 5.48. The summed E-state index contributed by atoms with van der Waals surface area (Å²) in [6.45, 7) is 2.68. The van der Waals surface area contributed by atoms with E-state index in [4.69, 9.17) is 11.3 Å². The van der Waals surface area contributed by atoms with Crippen molar-refractivity contribution in [3.63, 3.8) is 0 Å². The molecule has 16 heavy (non-hydrogen) atoms. The summed E-state index contributed by atoms with van der Waals surface area (Å²) in [6.07, 6.45) is 2.14. The van der Waals surface area contributed by atoms with Crippen LogP contribution >= 0.6 is 0 Å². The van der Waals surface area contributed by atoms with Crippen molar-refractivity contribution in [3.05, 3.63) is 10.4 Å². The molecule has 1 saturated heterocycles. The molecule has 1 fully saturated rings. The Balaban J connectivity index is 2.38. The predicted octanol–water partition coefficient (Wildman–Crippen LogP) is -0.116. The number of hydrogen-bond acceptors (Lipinski definition) is 4. The Morgan fingerprint density at radius 2 is 2.25 bits per heavy atom. The van der Waals surface area contributed by atoms with E-state index in [-0.39, 0.29) is 5.91 Å². The first-order chi connectivity index (χ1) is 7.71. The standard InChI is InChI=1S/C9H18N6O/c10-8(16)9(2-6-12-7-3-9)13-4-1-5-14-15-11/h12-13H,1-7H2,(H2,10,16). The highest BCUT2D eigenvalue weighted by Crippen LogP contribution is 2.17. The van der Waals surface area contributed by atoms with Gasteiger partial charge in [0.1, 0.15) is 5.54 Å². The van der Waals surface area contributed by atoms with Gasteiger partial charge in [0.25, 0.3) is 0 Å². The molecule has 0 spiro atoms. The van der Waals surface area contributed by atoms with Gasteiger partial charge in [-0.3, -0.25) is 4.79 Å². The third-order valence-corrected chi connectivity index (χ3v) is 2.89. The largest absolute Gasteiger partial charge is 0.368 e. The fourth-order valence-electron chi connectivity index (χ4n) is 1.89. The molecule has 0 aromatic rings. The van der Waals surface area contributed by atoms with Crippen LogP contribution in [-0.2, 0) is 4.79 Å². The maximum atomic E-state index is 11.4. The van der Waals surface area contributed by atoms with Crippen LogP contribution in [0.25, 0.3) is 10.4 Å². The quantitative estimate of drug-likeness (QED) is 0.254. The monoisotopic (exact) mass is 226 g/mol. The van der Waals surface area contributed by atoms with Crippen LogP contribution in [0.4, 0.5) is 0 Å². The Bertz CT molecular complexity index is 280. The number of amides is 1. The van der Waals surface area contributed by atoms with E-state index in [2.05, 4.69) is 20.7 Å². The molecule has 90 valence electrons. The predicted molar refractivity (Wildman–Crippen MR) is 60.7 cm³/mol. The SMILES string of the molecule is [N-]=[N+]=NCCCNC1(C(N)=O)CCNCC1. The summed E-state index contributed by atoms with van der Waals surface area (Å²) in [5.74, 6) is -0.294. The second-order valence-electron chi connectivity index (χ2n) is 3.93. The lowest BCUT2D eigenvalue weighted by Gasteiger charge is -2.35. The Kier molecular flexibility index (Phi) is 5.04. The van der Waals surface area contributed by atoms with Crippen molar-refractivity contribution >= 4 is 5.91 Å². The molecule has 0 aromatic carbocycles. The fraction of sp³-hybridized carbons (Fsp3) is 0.889. The van der Waals surface area contributed by atoms with Gasteiger partial charge in [0.2, 0.25) is 5.91 Å². The molecule has 7 heteroatoms. The van der Waals surface area contributed by atoms with Gasteiger partial charge in [0, 0.05) is 11.5 Å². The van der Waals surface area contributed by atoms with Crippen LogP contribution in [0, 0.1) is 0 Å². The first kappa shape index (κ1) is 12.8. The van der Waals surface area contributed by atoms with E-state index in [1.807, 2.05) is 0 Å². The summed E-state index contributed by atoms with van der Waals surface area (Å²) < 4.78 is 0. The first-order valence-electron chi connectivity index (χ1n) is 5.48. The molecule has 1 heterocycles. The van der Waals surface area contributed by atoms with Crippen molar-refractivity contribution < 1.29 is 4.79 Å². The molecule has 0 aliphatic carbocycles. The average molecular weight is 226 g/mol. The number of azide groups is 1. The molecular formula is C9H18N6O. The second kappa shape index (κ2) is 6.32. The van der Waals surface area contributed by atoms with Crippen LogP contribution in [0.5, 0.6) is 0 Å². The second-order valence-corrected chi connectivity index (χ2v) is 3.93. The molecule has 0 saturated carbocycles. The number of primary amides is 1. The summed E-state index contributed by atoms with van der Waals surface area (Å²) in [7, 11) is 0. The van der Waals surface area contributed by atoms with Crippen molar-refractivity contribution in [1.29, 1.82) is 0 Å². The Hall–Kier alpha value is -1.30. The van der Waals surface area contributed by atoms with Crippen LogP contribution in [-0.4, -0.2) is 37.6 Å². The van der Waals surface area contributed by atoms with Crippen molar-refractivity contribution in [2.45, 2.75) is 24.8 Å². The van der Waals surface area contributed by atoms with Crippen molar-refractivity contribution in [1.82, 2.24) is 10.6 Å². The molecule has 0 atom stereocenters. The van der Waals surface area contributed by atoms with E-state index in [0.29, 0.717) is 32.4 Å². The number of piperidine rings is 1. The molecule has 1 aliphatic rings. The van der Waals surface area contributed by atoms with Gasteiger partial charge in [-0.25, -0.2) is 0 Å². The number of nitrogens with one attached hydrogen (secondary N) is 2. The highest BCUT2D eigenvalue weighted by molar-refractivity contribution is 5.84. The summed E-state index contributed by atoms with van der Waals surface area (Å²) in [5, 5.41) is 9.82. The molecule has 0 radical (unpaired) electrons.